The average molecular weight is 631 g/mol. The number of amides is 4. The number of ether oxygens (including phenoxy) is 1. The van der Waals surface area contributed by atoms with Crippen LogP contribution >= 0.6 is 11.5 Å². The smallest absolute Gasteiger partial charge is 0.323 e. The number of anilines is 2. The molecule has 1 heterocycles. The zero-order valence-corrected chi connectivity index (χ0v) is 26.0. The first-order chi connectivity index (χ1) is 21.6. The van der Waals surface area contributed by atoms with Crippen molar-refractivity contribution in [2.75, 3.05) is 37.9 Å². The molecule has 234 valence electrons. The molecule has 4 rings (SSSR count). The highest BCUT2D eigenvalue weighted by Crippen LogP contribution is 2.27. The van der Waals surface area contributed by atoms with E-state index in [2.05, 4.69) is 20.2 Å². The SMILES string of the molecule is COc1cc(CC(=O)N(C)CC(=O)N(CCC(=O)O)Cc2ccc(-c3csnn3)cc2)ccc1NC(=O)Nc1ccccc1C. The summed E-state index contributed by atoms with van der Waals surface area (Å²) in [6.07, 6.45) is -0.243. The van der Waals surface area contributed by atoms with Gasteiger partial charge in [0.25, 0.3) is 0 Å². The molecule has 0 bridgehead atoms. The van der Waals surface area contributed by atoms with Crippen LogP contribution in [0.5, 0.6) is 5.75 Å². The fourth-order valence-corrected chi connectivity index (χ4v) is 4.92. The Bertz CT molecular complexity index is 1640. The fourth-order valence-electron chi connectivity index (χ4n) is 4.45. The Morgan fingerprint density at radius 1 is 0.933 bits per heavy atom. The lowest BCUT2D eigenvalue weighted by molar-refractivity contribution is -0.141. The molecule has 0 spiro atoms. The van der Waals surface area contributed by atoms with Crippen molar-refractivity contribution in [1.82, 2.24) is 19.4 Å². The second kappa shape index (κ2) is 15.4. The molecule has 3 aromatic carbocycles. The zero-order valence-electron chi connectivity index (χ0n) is 25.1. The van der Waals surface area contributed by atoms with E-state index >= 15 is 0 Å². The molecule has 0 aliphatic heterocycles. The van der Waals surface area contributed by atoms with Gasteiger partial charge >= 0.3 is 12.0 Å². The van der Waals surface area contributed by atoms with Crippen LogP contribution in [-0.2, 0) is 27.3 Å². The number of aromatic nitrogens is 2. The van der Waals surface area contributed by atoms with Crippen LogP contribution in [0.4, 0.5) is 16.2 Å². The number of hydrogen-bond acceptors (Lipinski definition) is 8. The van der Waals surface area contributed by atoms with Crippen molar-refractivity contribution in [3.05, 3.63) is 88.8 Å². The van der Waals surface area contributed by atoms with Crippen LogP contribution in [0.15, 0.2) is 72.1 Å². The maximum atomic E-state index is 13.2. The minimum Gasteiger partial charge on any atom is -0.495 e. The van der Waals surface area contributed by atoms with Gasteiger partial charge in [0, 0.05) is 36.8 Å². The maximum absolute atomic E-state index is 13.2. The lowest BCUT2D eigenvalue weighted by Gasteiger charge is -2.25. The minimum absolute atomic E-state index is 0.00294. The van der Waals surface area contributed by atoms with Crippen LogP contribution in [0.25, 0.3) is 11.3 Å². The number of aryl methyl sites for hydroxylation is 1. The van der Waals surface area contributed by atoms with Gasteiger partial charge in [-0.2, -0.15) is 0 Å². The number of nitrogens with one attached hydrogen (secondary N) is 2. The van der Waals surface area contributed by atoms with Crippen molar-refractivity contribution in [1.29, 1.82) is 0 Å². The van der Waals surface area contributed by atoms with Crippen LogP contribution in [0, 0.1) is 6.92 Å². The predicted molar refractivity (Wildman–Crippen MR) is 171 cm³/mol. The number of aliphatic carboxylic acids is 1. The summed E-state index contributed by atoms with van der Waals surface area (Å²) in [4.78, 5) is 52.9. The summed E-state index contributed by atoms with van der Waals surface area (Å²) >= 11 is 1.25. The Morgan fingerprint density at radius 3 is 2.31 bits per heavy atom. The molecule has 0 fully saturated rings. The monoisotopic (exact) mass is 630 g/mol. The molecule has 12 nitrogen and oxygen atoms in total. The highest BCUT2D eigenvalue weighted by molar-refractivity contribution is 7.03. The number of methoxy groups -OCH3 is 1. The van der Waals surface area contributed by atoms with E-state index in [1.165, 1.54) is 35.5 Å². The van der Waals surface area contributed by atoms with Crippen LogP contribution in [0.3, 0.4) is 0 Å². The molecule has 45 heavy (non-hydrogen) atoms. The van der Waals surface area contributed by atoms with Gasteiger partial charge in [-0.05, 0) is 53.3 Å². The topological polar surface area (TPSA) is 154 Å². The summed E-state index contributed by atoms with van der Waals surface area (Å²) in [5.74, 6) is -1.35. The molecule has 13 heteroatoms. The number of likely N-dealkylation sites (N-methyl/N-ethyl adjacent to an activating group) is 1. The van der Waals surface area contributed by atoms with Crippen molar-refractivity contribution in [2.45, 2.75) is 26.3 Å². The predicted octanol–water partition coefficient (Wildman–Crippen LogP) is 4.67. The van der Waals surface area contributed by atoms with Crippen molar-refractivity contribution in [3.8, 4) is 17.0 Å². The fraction of sp³-hybridized carbons (Fsp3) is 0.250. The number of benzene rings is 3. The van der Waals surface area contributed by atoms with Gasteiger partial charge in [-0.1, -0.05) is 53.0 Å². The molecular weight excluding hydrogens is 596 g/mol. The van der Waals surface area contributed by atoms with E-state index in [0.29, 0.717) is 22.7 Å². The Hall–Kier alpha value is -5.30. The normalized spacial score (nSPS) is 10.6. The summed E-state index contributed by atoms with van der Waals surface area (Å²) in [5.41, 5.74) is 5.08. The van der Waals surface area contributed by atoms with E-state index in [0.717, 1.165) is 22.4 Å². The summed E-state index contributed by atoms with van der Waals surface area (Å²) in [7, 11) is 2.99. The molecule has 0 saturated heterocycles. The van der Waals surface area contributed by atoms with Crippen molar-refractivity contribution < 1.29 is 29.0 Å². The molecule has 1 aromatic heterocycles. The molecule has 4 amide bonds. The summed E-state index contributed by atoms with van der Waals surface area (Å²) in [6, 6.07) is 19.4. The van der Waals surface area contributed by atoms with Crippen molar-refractivity contribution >= 4 is 46.7 Å². The molecule has 4 aromatic rings. The number of carboxylic acids is 1. The first-order valence-corrected chi connectivity index (χ1v) is 14.9. The number of urea groups is 1. The number of carboxylic acid groups (broad SMARTS) is 1. The first kappa shape index (κ1) is 32.6. The summed E-state index contributed by atoms with van der Waals surface area (Å²) < 4.78 is 9.31. The van der Waals surface area contributed by atoms with Crippen LogP contribution in [-0.4, -0.2) is 75.6 Å². The van der Waals surface area contributed by atoms with E-state index in [1.54, 1.807) is 24.3 Å². The summed E-state index contributed by atoms with van der Waals surface area (Å²) in [5, 5.41) is 20.7. The number of carbonyl (C=O) groups excluding carboxylic acids is 3. The van der Waals surface area contributed by atoms with Crippen LogP contribution < -0.4 is 15.4 Å². The number of hydrogen-bond donors (Lipinski definition) is 3. The largest absolute Gasteiger partial charge is 0.495 e. The molecular formula is C32H34N6O6S. The molecule has 0 radical (unpaired) electrons. The standard InChI is InChI=1S/C32H34N6O6S/c1-21-6-4-5-7-25(21)33-32(43)34-26-13-10-23(16-28(26)44-3)17-29(39)37(2)19-30(40)38(15-14-31(41)42)18-22-8-11-24(12-9-22)27-20-45-36-35-27/h4-13,16,20H,14-15,17-19H2,1-3H3,(H,41,42)(H2,33,34,43). The number of carbonyl (C=O) groups is 4. The Labute approximate surface area is 264 Å². The van der Waals surface area contributed by atoms with Gasteiger partial charge in [0.2, 0.25) is 11.8 Å². The second-order valence-corrected chi connectivity index (χ2v) is 10.9. The van der Waals surface area contributed by atoms with Gasteiger partial charge < -0.3 is 30.3 Å². The number of para-hydroxylation sites is 1. The lowest BCUT2D eigenvalue weighted by atomic mass is 10.1. The molecule has 0 unspecified atom stereocenters. The molecule has 0 saturated carbocycles. The Morgan fingerprint density at radius 2 is 1.64 bits per heavy atom. The maximum Gasteiger partial charge on any atom is 0.323 e. The highest BCUT2D eigenvalue weighted by Gasteiger charge is 2.21. The van der Waals surface area contributed by atoms with E-state index < -0.39 is 12.0 Å². The Balaban J connectivity index is 1.36. The number of nitrogens with zero attached hydrogens (tertiary/aromatic N) is 4. The molecule has 3 N–H and O–H groups in total. The molecule has 0 aliphatic carbocycles. The van der Waals surface area contributed by atoms with Gasteiger partial charge in [-0.25, -0.2) is 4.79 Å². The van der Waals surface area contributed by atoms with Crippen molar-refractivity contribution in [3.63, 3.8) is 0 Å². The van der Waals surface area contributed by atoms with Crippen LogP contribution in [0.1, 0.15) is 23.1 Å². The third-order valence-corrected chi connectivity index (χ3v) is 7.50. The van der Waals surface area contributed by atoms with E-state index in [-0.39, 0.29) is 44.3 Å². The third-order valence-electron chi connectivity index (χ3n) is 6.99. The minimum atomic E-state index is -1.02. The van der Waals surface area contributed by atoms with Gasteiger partial charge in [0.05, 0.1) is 32.2 Å². The van der Waals surface area contributed by atoms with Gasteiger partial charge in [0.15, 0.2) is 0 Å². The highest BCUT2D eigenvalue weighted by atomic mass is 32.1. The van der Waals surface area contributed by atoms with Gasteiger partial charge in [0.1, 0.15) is 11.4 Å². The van der Waals surface area contributed by atoms with Gasteiger partial charge in [-0.3, -0.25) is 14.4 Å². The lowest BCUT2D eigenvalue weighted by Crippen LogP contribution is -2.42. The molecule has 0 aliphatic rings. The van der Waals surface area contributed by atoms with Crippen LogP contribution in [0.2, 0.25) is 0 Å². The van der Waals surface area contributed by atoms with E-state index in [4.69, 9.17) is 4.74 Å². The Kier molecular flexibility index (Phi) is 11.2. The summed E-state index contributed by atoms with van der Waals surface area (Å²) in [6.45, 7) is 1.85. The zero-order chi connectivity index (χ0) is 32.3. The number of rotatable bonds is 13. The second-order valence-electron chi connectivity index (χ2n) is 10.3. The molecule has 0 atom stereocenters. The third kappa shape index (κ3) is 9.34. The van der Waals surface area contributed by atoms with E-state index in [1.807, 2.05) is 54.8 Å². The van der Waals surface area contributed by atoms with E-state index in [9.17, 15) is 24.3 Å². The van der Waals surface area contributed by atoms with Gasteiger partial charge in [-0.15, -0.1) is 5.10 Å². The van der Waals surface area contributed by atoms with Crippen molar-refractivity contribution in [2.24, 2.45) is 0 Å². The average Bonchev–Trinajstić information content (AvgIpc) is 3.56. The first-order valence-electron chi connectivity index (χ1n) is 14.0. The quantitative estimate of drug-likeness (QED) is 0.193.